The highest BCUT2D eigenvalue weighted by Crippen LogP contribution is 2.23. The van der Waals surface area contributed by atoms with E-state index in [1.54, 1.807) is 30.7 Å². The number of hydrogen-bond acceptors (Lipinski definition) is 4. The van der Waals surface area contributed by atoms with Crippen LogP contribution in [0, 0.1) is 0 Å². The van der Waals surface area contributed by atoms with Crippen molar-refractivity contribution in [2.75, 3.05) is 7.11 Å². The minimum Gasteiger partial charge on any atom is -0.465 e. The van der Waals surface area contributed by atoms with Crippen LogP contribution in [0.2, 0.25) is 0 Å². The van der Waals surface area contributed by atoms with Crippen molar-refractivity contribution in [3.63, 3.8) is 0 Å². The Balaban J connectivity index is 1.67. The van der Waals surface area contributed by atoms with Gasteiger partial charge in [-0.1, -0.05) is 30.3 Å². The molecule has 0 N–H and O–H groups in total. The molecule has 0 aliphatic rings. The van der Waals surface area contributed by atoms with Crippen LogP contribution in [0.3, 0.4) is 0 Å². The Bertz CT molecular complexity index is 1110. The number of esters is 1. The lowest BCUT2D eigenvalue weighted by atomic mass is 10.1. The molecule has 4 aromatic rings. The maximum absolute atomic E-state index is 13.0. The summed E-state index contributed by atoms with van der Waals surface area (Å²) in [7, 11) is 1.33. The predicted octanol–water partition coefficient (Wildman–Crippen LogP) is 3.36. The summed E-state index contributed by atoms with van der Waals surface area (Å²) >= 11 is 0. The normalized spacial score (nSPS) is 10.9. The highest BCUT2D eigenvalue weighted by atomic mass is 16.5. The third-order valence-corrected chi connectivity index (χ3v) is 4.46. The number of carbonyl (C=O) groups is 2. The van der Waals surface area contributed by atoms with E-state index in [0.29, 0.717) is 28.6 Å². The van der Waals surface area contributed by atoms with Crippen molar-refractivity contribution in [3.8, 4) is 0 Å². The molecule has 4 rings (SSSR count). The van der Waals surface area contributed by atoms with Crippen LogP contribution in [-0.4, -0.2) is 33.1 Å². The number of carbonyl (C=O) groups excluding carboxylic acids is 2. The van der Waals surface area contributed by atoms with E-state index in [1.165, 1.54) is 17.9 Å². The number of para-hydroxylation sites is 1. The fourth-order valence-electron chi connectivity index (χ4n) is 3.10. The van der Waals surface area contributed by atoms with Gasteiger partial charge in [-0.3, -0.25) is 9.36 Å². The van der Waals surface area contributed by atoms with E-state index >= 15 is 0 Å². The van der Waals surface area contributed by atoms with Crippen LogP contribution in [0.4, 0.5) is 0 Å². The number of methoxy groups -OCH3 is 1. The average Bonchev–Trinajstić information content (AvgIpc) is 3.35. The van der Waals surface area contributed by atoms with Gasteiger partial charge in [0.1, 0.15) is 0 Å². The van der Waals surface area contributed by atoms with Gasteiger partial charge in [-0.15, -0.1) is 0 Å². The van der Waals surface area contributed by atoms with E-state index in [1.807, 2.05) is 41.1 Å². The molecule has 2 aromatic heterocycles. The summed E-state index contributed by atoms with van der Waals surface area (Å²) in [5.41, 5.74) is 2.65. The van der Waals surface area contributed by atoms with Crippen molar-refractivity contribution in [1.29, 1.82) is 0 Å². The number of ether oxygens (including phenoxy) is 1. The fourth-order valence-corrected chi connectivity index (χ4v) is 3.10. The van der Waals surface area contributed by atoms with Gasteiger partial charge in [0.05, 0.1) is 24.5 Å². The Morgan fingerprint density at radius 3 is 2.56 bits per heavy atom. The summed E-state index contributed by atoms with van der Waals surface area (Å²) in [6.07, 6.45) is 6.91. The van der Waals surface area contributed by atoms with E-state index in [2.05, 4.69) is 4.98 Å². The van der Waals surface area contributed by atoms with Gasteiger partial charge in [0.15, 0.2) is 0 Å². The first-order chi connectivity index (χ1) is 13.2. The summed E-state index contributed by atoms with van der Waals surface area (Å²) in [5, 5.41) is 0.689. The third kappa shape index (κ3) is 3.13. The standard InChI is InChI=1S/C21H17N3O3/c1-27-21(26)18-13-24(19-5-3-2-4-17(18)19)20(25)16-8-6-15(7-9-16)12-23-11-10-22-14-23/h2-11,13-14H,12H2,1H3. The van der Waals surface area contributed by atoms with Crippen molar-refractivity contribution >= 4 is 22.8 Å². The Labute approximate surface area is 155 Å². The molecule has 6 heteroatoms. The molecule has 0 saturated carbocycles. The molecule has 0 aliphatic carbocycles. The Hall–Kier alpha value is -3.67. The predicted molar refractivity (Wildman–Crippen MR) is 101 cm³/mol. The first-order valence-corrected chi connectivity index (χ1v) is 8.45. The number of nitrogens with zero attached hydrogens (tertiary/aromatic N) is 3. The van der Waals surface area contributed by atoms with E-state index in [9.17, 15) is 9.59 Å². The van der Waals surface area contributed by atoms with Crippen molar-refractivity contribution in [2.24, 2.45) is 0 Å². The lowest BCUT2D eigenvalue weighted by Crippen LogP contribution is -2.11. The second-order valence-corrected chi connectivity index (χ2v) is 6.16. The van der Waals surface area contributed by atoms with Gasteiger partial charge in [-0.2, -0.15) is 0 Å². The minimum absolute atomic E-state index is 0.199. The molecule has 0 atom stereocenters. The third-order valence-electron chi connectivity index (χ3n) is 4.46. The number of aromatic nitrogens is 3. The van der Waals surface area contributed by atoms with Crippen LogP contribution in [0.1, 0.15) is 26.3 Å². The molecular weight excluding hydrogens is 342 g/mol. The van der Waals surface area contributed by atoms with Gasteiger partial charge < -0.3 is 9.30 Å². The van der Waals surface area contributed by atoms with E-state index in [-0.39, 0.29) is 5.91 Å². The molecule has 0 aliphatic heterocycles. The topological polar surface area (TPSA) is 66.1 Å². The minimum atomic E-state index is -0.464. The van der Waals surface area contributed by atoms with Crippen LogP contribution in [0.5, 0.6) is 0 Å². The summed E-state index contributed by atoms with van der Waals surface area (Å²) in [6.45, 7) is 0.688. The van der Waals surface area contributed by atoms with Crippen LogP contribution in [-0.2, 0) is 11.3 Å². The van der Waals surface area contributed by atoms with Gasteiger partial charge in [-0.25, -0.2) is 9.78 Å². The van der Waals surface area contributed by atoms with Gasteiger partial charge >= 0.3 is 5.97 Å². The van der Waals surface area contributed by atoms with Gasteiger partial charge in [-0.05, 0) is 23.8 Å². The molecule has 2 aromatic carbocycles. The Morgan fingerprint density at radius 2 is 1.85 bits per heavy atom. The van der Waals surface area contributed by atoms with Crippen LogP contribution < -0.4 is 0 Å². The van der Waals surface area contributed by atoms with Crippen molar-refractivity contribution < 1.29 is 14.3 Å². The molecule has 0 spiro atoms. The second-order valence-electron chi connectivity index (χ2n) is 6.16. The molecule has 134 valence electrons. The van der Waals surface area contributed by atoms with Crippen LogP contribution >= 0.6 is 0 Å². The van der Waals surface area contributed by atoms with Gasteiger partial charge in [0.25, 0.3) is 5.91 Å². The first kappa shape index (κ1) is 16.8. The monoisotopic (exact) mass is 359 g/mol. The zero-order chi connectivity index (χ0) is 18.8. The molecule has 0 unspecified atom stereocenters. The van der Waals surface area contributed by atoms with Crippen molar-refractivity contribution in [2.45, 2.75) is 6.54 Å². The fraction of sp³-hybridized carbons (Fsp3) is 0.0952. The van der Waals surface area contributed by atoms with Gasteiger partial charge in [0, 0.05) is 36.1 Å². The molecule has 6 nitrogen and oxygen atoms in total. The maximum Gasteiger partial charge on any atom is 0.340 e. The number of fused-ring (bicyclic) bond motifs is 1. The van der Waals surface area contributed by atoms with Crippen LogP contribution in [0.15, 0.2) is 73.4 Å². The Morgan fingerprint density at radius 1 is 1.07 bits per heavy atom. The molecule has 0 bridgehead atoms. The first-order valence-electron chi connectivity index (χ1n) is 8.45. The van der Waals surface area contributed by atoms with E-state index in [4.69, 9.17) is 4.74 Å². The van der Waals surface area contributed by atoms with E-state index < -0.39 is 5.97 Å². The molecule has 0 saturated heterocycles. The van der Waals surface area contributed by atoms with E-state index in [0.717, 1.165) is 5.56 Å². The highest BCUT2D eigenvalue weighted by Gasteiger charge is 2.19. The highest BCUT2D eigenvalue weighted by molar-refractivity contribution is 6.09. The number of hydrogen-bond donors (Lipinski definition) is 0. The molecule has 0 fully saturated rings. The second kappa shape index (κ2) is 6.92. The summed E-state index contributed by atoms with van der Waals surface area (Å²) < 4.78 is 8.29. The summed E-state index contributed by atoms with van der Waals surface area (Å²) in [4.78, 5) is 29.1. The van der Waals surface area contributed by atoms with Crippen molar-refractivity contribution in [1.82, 2.24) is 14.1 Å². The molecule has 0 amide bonds. The molecule has 27 heavy (non-hydrogen) atoms. The number of imidazole rings is 1. The smallest absolute Gasteiger partial charge is 0.340 e. The van der Waals surface area contributed by atoms with Crippen LogP contribution in [0.25, 0.3) is 10.9 Å². The lowest BCUT2D eigenvalue weighted by Gasteiger charge is -2.06. The maximum atomic E-state index is 13.0. The average molecular weight is 359 g/mol. The SMILES string of the molecule is COC(=O)c1cn(C(=O)c2ccc(Cn3ccnc3)cc2)c2ccccc12. The lowest BCUT2D eigenvalue weighted by molar-refractivity contribution is 0.0603. The zero-order valence-electron chi connectivity index (χ0n) is 14.7. The largest absolute Gasteiger partial charge is 0.465 e. The number of rotatable bonds is 4. The quantitative estimate of drug-likeness (QED) is 0.524. The zero-order valence-corrected chi connectivity index (χ0v) is 14.7. The summed E-state index contributed by atoms with van der Waals surface area (Å²) in [6, 6.07) is 14.7. The molecular formula is C21H17N3O3. The Kier molecular flexibility index (Phi) is 4.30. The van der Waals surface area contributed by atoms with Crippen molar-refractivity contribution in [3.05, 3.63) is 90.1 Å². The van der Waals surface area contributed by atoms with Gasteiger partial charge in [0.2, 0.25) is 0 Å². The summed E-state index contributed by atoms with van der Waals surface area (Å²) in [5.74, 6) is -0.663. The number of benzene rings is 2. The molecule has 0 radical (unpaired) electrons. The molecule has 2 heterocycles.